The van der Waals surface area contributed by atoms with Gasteiger partial charge in [-0.1, -0.05) is 15.9 Å². The number of hydrogen-bond donors (Lipinski definition) is 1. The second-order valence-electron chi connectivity index (χ2n) is 2.95. The molecule has 2 aromatic rings. The third-order valence-electron chi connectivity index (χ3n) is 2.22. The van der Waals surface area contributed by atoms with Crippen LogP contribution in [0.5, 0.6) is 5.75 Å². The van der Waals surface area contributed by atoms with Crippen LogP contribution in [0.15, 0.2) is 22.8 Å². The third kappa shape index (κ3) is 1.23. The molecule has 0 unspecified atom stereocenters. The largest absolute Gasteiger partial charge is 0.496 e. The van der Waals surface area contributed by atoms with Crippen LogP contribution in [0.25, 0.3) is 10.9 Å². The zero-order valence-electron chi connectivity index (χ0n) is 7.52. The van der Waals surface area contributed by atoms with E-state index >= 15 is 0 Å². The minimum Gasteiger partial charge on any atom is -0.496 e. The molecular weight excluding hydrogens is 230 g/mol. The molecule has 0 aliphatic heterocycles. The van der Waals surface area contributed by atoms with Gasteiger partial charge in [-0.05, 0) is 24.6 Å². The standard InChI is InChI=1S/C10H10BrNO/c1-6-8(11)5-9(13-2)7-3-4-12-10(6)7/h3-5,12H,1-2H3. The molecule has 1 N–H and O–H groups in total. The summed E-state index contributed by atoms with van der Waals surface area (Å²) in [6.07, 6.45) is 1.92. The quantitative estimate of drug-likeness (QED) is 0.813. The van der Waals surface area contributed by atoms with Gasteiger partial charge < -0.3 is 9.72 Å². The lowest BCUT2D eigenvalue weighted by Crippen LogP contribution is -1.86. The van der Waals surface area contributed by atoms with Gasteiger partial charge >= 0.3 is 0 Å². The van der Waals surface area contributed by atoms with E-state index in [1.165, 1.54) is 5.56 Å². The highest BCUT2D eigenvalue weighted by Crippen LogP contribution is 2.32. The molecule has 0 amide bonds. The maximum atomic E-state index is 5.27. The van der Waals surface area contributed by atoms with Crippen LogP contribution in [0, 0.1) is 6.92 Å². The molecule has 0 aliphatic rings. The molecule has 0 fully saturated rings. The fourth-order valence-corrected chi connectivity index (χ4v) is 1.88. The summed E-state index contributed by atoms with van der Waals surface area (Å²) in [5.74, 6) is 0.897. The fourth-order valence-electron chi connectivity index (χ4n) is 1.47. The minimum atomic E-state index is 0.897. The molecular formula is C10H10BrNO. The third-order valence-corrected chi connectivity index (χ3v) is 3.05. The van der Waals surface area contributed by atoms with Crippen LogP contribution >= 0.6 is 15.9 Å². The zero-order chi connectivity index (χ0) is 9.42. The number of aromatic nitrogens is 1. The van der Waals surface area contributed by atoms with Gasteiger partial charge in [0, 0.05) is 16.1 Å². The molecule has 0 radical (unpaired) electrons. The summed E-state index contributed by atoms with van der Waals surface area (Å²) in [7, 11) is 1.68. The average molecular weight is 240 g/mol. The van der Waals surface area contributed by atoms with Crippen LogP contribution in [0.4, 0.5) is 0 Å². The molecule has 1 aromatic carbocycles. The predicted molar refractivity (Wildman–Crippen MR) is 57.3 cm³/mol. The van der Waals surface area contributed by atoms with E-state index in [1.807, 2.05) is 18.3 Å². The Labute approximate surface area is 85.0 Å². The van der Waals surface area contributed by atoms with Crippen molar-refractivity contribution in [1.29, 1.82) is 0 Å². The molecule has 0 saturated carbocycles. The number of nitrogens with one attached hydrogen (secondary N) is 1. The highest BCUT2D eigenvalue weighted by Gasteiger charge is 2.07. The molecule has 68 valence electrons. The summed E-state index contributed by atoms with van der Waals surface area (Å²) in [5, 5.41) is 1.13. The van der Waals surface area contributed by atoms with E-state index in [0.717, 1.165) is 21.1 Å². The molecule has 3 heteroatoms. The van der Waals surface area contributed by atoms with Gasteiger partial charge in [0.15, 0.2) is 0 Å². The molecule has 0 saturated heterocycles. The summed E-state index contributed by atoms with van der Waals surface area (Å²) in [6, 6.07) is 4.01. The van der Waals surface area contributed by atoms with Gasteiger partial charge in [0.05, 0.1) is 12.6 Å². The topological polar surface area (TPSA) is 25.0 Å². The van der Waals surface area contributed by atoms with E-state index in [2.05, 4.69) is 27.8 Å². The van der Waals surface area contributed by atoms with Crippen molar-refractivity contribution in [3.8, 4) is 5.75 Å². The number of H-pyrrole nitrogens is 1. The number of aryl methyl sites for hydroxylation is 1. The first-order valence-electron chi connectivity index (χ1n) is 4.04. The SMILES string of the molecule is COc1cc(Br)c(C)c2[nH]ccc12. The predicted octanol–water partition coefficient (Wildman–Crippen LogP) is 3.25. The lowest BCUT2D eigenvalue weighted by atomic mass is 10.1. The van der Waals surface area contributed by atoms with Crippen molar-refractivity contribution >= 4 is 26.8 Å². The smallest absolute Gasteiger partial charge is 0.129 e. The first kappa shape index (κ1) is 8.63. The lowest BCUT2D eigenvalue weighted by Gasteiger charge is -2.05. The summed E-state index contributed by atoms with van der Waals surface area (Å²) >= 11 is 3.49. The van der Waals surface area contributed by atoms with Gasteiger partial charge in [-0.2, -0.15) is 0 Å². The summed E-state index contributed by atoms with van der Waals surface area (Å²) < 4.78 is 6.34. The summed E-state index contributed by atoms with van der Waals surface area (Å²) in [6.45, 7) is 2.07. The van der Waals surface area contributed by atoms with Crippen molar-refractivity contribution in [1.82, 2.24) is 4.98 Å². The van der Waals surface area contributed by atoms with Crippen molar-refractivity contribution in [2.24, 2.45) is 0 Å². The van der Waals surface area contributed by atoms with Gasteiger partial charge in [-0.3, -0.25) is 0 Å². The number of methoxy groups -OCH3 is 1. The molecule has 0 aliphatic carbocycles. The van der Waals surface area contributed by atoms with E-state index in [0.29, 0.717) is 0 Å². The van der Waals surface area contributed by atoms with Crippen LogP contribution < -0.4 is 4.74 Å². The first-order chi connectivity index (χ1) is 6.24. The van der Waals surface area contributed by atoms with E-state index in [4.69, 9.17) is 4.74 Å². The molecule has 2 rings (SSSR count). The highest BCUT2D eigenvalue weighted by atomic mass is 79.9. The van der Waals surface area contributed by atoms with Crippen LogP contribution in [0.1, 0.15) is 5.56 Å². The number of aromatic amines is 1. The highest BCUT2D eigenvalue weighted by molar-refractivity contribution is 9.10. The molecule has 0 spiro atoms. The number of fused-ring (bicyclic) bond motifs is 1. The number of hydrogen-bond acceptors (Lipinski definition) is 1. The van der Waals surface area contributed by atoms with Crippen molar-refractivity contribution in [2.45, 2.75) is 6.92 Å². The van der Waals surface area contributed by atoms with Gasteiger partial charge in [-0.25, -0.2) is 0 Å². The van der Waals surface area contributed by atoms with Crippen molar-refractivity contribution in [2.75, 3.05) is 7.11 Å². The molecule has 0 atom stereocenters. The van der Waals surface area contributed by atoms with E-state index in [-0.39, 0.29) is 0 Å². The Kier molecular flexibility index (Phi) is 2.04. The van der Waals surface area contributed by atoms with Crippen molar-refractivity contribution in [3.63, 3.8) is 0 Å². The Morgan fingerprint density at radius 2 is 2.23 bits per heavy atom. The Hall–Kier alpha value is -0.960. The summed E-state index contributed by atoms with van der Waals surface area (Å²) in [4.78, 5) is 3.19. The van der Waals surface area contributed by atoms with E-state index < -0.39 is 0 Å². The first-order valence-corrected chi connectivity index (χ1v) is 4.83. The maximum absolute atomic E-state index is 5.27. The number of rotatable bonds is 1. The minimum absolute atomic E-state index is 0.897. The number of ether oxygens (including phenoxy) is 1. The Balaban J connectivity index is 2.87. The summed E-state index contributed by atoms with van der Waals surface area (Å²) in [5.41, 5.74) is 2.34. The molecule has 2 nitrogen and oxygen atoms in total. The van der Waals surface area contributed by atoms with E-state index in [9.17, 15) is 0 Å². The molecule has 1 aromatic heterocycles. The van der Waals surface area contributed by atoms with Gasteiger partial charge in [-0.15, -0.1) is 0 Å². The second kappa shape index (κ2) is 3.07. The zero-order valence-corrected chi connectivity index (χ0v) is 9.10. The van der Waals surface area contributed by atoms with Crippen molar-refractivity contribution < 1.29 is 4.74 Å². The molecule has 0 bridgehead atoms. The fraction of sp³-hybridized carbons (Fsp3) is 0.200. The number of halogens is 1. The van der Waals surface area contributed by atoms with E-state index in [1.54, 1.807) is 7.11 Å². The van der Waals surface area contributed by atoms with Crippen molar-refractivity contribution in [3.05, 3.63) is 28.4 Å². The molecule has 1 heterocycles. The average Bonchev–Trinajstić information content (AvgIpc) is 2.60. The van der Waals surface area contributed by atoms with Crippen LogP contribution in [-0.2, 0) is 0 Å². The lowest BCUT2D eigenvalue weighted by molar-refractivity contribution is 0.419. The maximum Gasteiger partial charge on any atom is 0.129 e. The van der Waals surface area contributed by atoms with Gasteiger partial charge in [0.2, 0.25) is 0 Å². The van der Waals surface area contributed by atoms with Crippen LogP contribution in [-0.4, -0.2) is 12.1 Å². The Bertz CT molecular complexity index is 447. The van der Waals surface area contributed by atoms with Gasteiger partial charge in [0.1, 0.15) is 5.75 Å². The monoisotopic (exact) mass is 239 g/mol. The van der Waals surface area contributed by atoms with Crippen LogP contribution in [0.3, 0.4) is 0 Å². The normalized spacial score (nSPS) is 10.7. The number of benzene rings is 1. The Morgan fingerprint density at radius 1 is 1.46 bits per heavy atom. The van der Waals surface area contributed by atoms with Crippen LogP contribution in [0.2, 0.25) is 0 Å². The Morgan fingerprint density at radius 3 is 2.92 bits per heavy atom. The van der Waals surface area contributed by atoms with Gasteiger partial charge in [0.25, 0.3) is 0 Å². The molecule has 13 heavy (non-hydrogen) atoms. The second-order valence-corrected chi connectivity index (χ2v) is 3.81.